The van der Waals surface area contributed by atoms with Crippen LogP contribution >= 0.6 is 12.4 Å². The number of rotatable bonds is 8. The highest BCUT2D eigenvalue weighted by Gasteiger charge is 2.27. The van der Waals surface area contributed by atoms with E-state index >= 15 is 0 Å². The van der Waals surface area contributed by atoms with Crippen molar-refractivity contribution in [1.82, 2.24) is 5.32 Å². The maximum absolute atomic E-state index is 14.2. The summed E-state index contributed by atoms with van der Waals surface area (Å²) in [6.07, 6.45) is 3.10. The zero-order valence-electron chi connectivity index (χ0n) is 21.8. The number of aromatic carboxylic acids is 1. The molecule has 2 N–H and O–H groups in total. The SMILES string of the molecule is Cc1c(C(=O)O)cccc1N1CC(CCCN[C@H](C)c2ccc(F)c3ccccc23)Cc2ccccc21.Cl. The first-order valence-electron chi connectivity index (χ1n) is 13.0. The molecule has 5 rings (SSSR count). The van der Waals surface area contributed by atoms with Gasteiger partial charge in [0.25, 0.3) is 0 Å². The van der Waals surface area contributed by atoms with Crippen LogP contribution in [0, 0.1) is 18.7 Å². The molecule has 0 fully saturated rings. The molecule has 1 aliphatic rings. The number of carboxylic acids is 1. The molecule has 2 atom stereocenters. The summed E-state index contributed by atoms with van der Waals surface area (Å²) in [5, 5.41) is 14.9. The summed E-state index contributed by atoms with van der Waals surface area (Å²) in [7, 11) is 0. The predicted octanol–water partition coefficient (Wildman–Crippen LogP) is 7.85. The number of nitrogens with one attached hydrogen (secondary N) is 1. The topological polar surface area (TPSA) is 52.6 Å². The van der Waals surface area contributed by atoms with Crippen molar-refractivity contribution in [1.29, 1.82) is 0 Å². The summed E-state index contributed by atoms with van der Waals surface area (Å²) in [6.45, 7) is 5.77. The van der Waals surface area contributed by atoms with E-state index in [-0.39, 0.29) is 24.3 Å². The van der Waals surface area contributed by atoms with Gasteiger partial charge in [-0.15, -0.1) is 12.4 Å². The number of anilines is 2. The lowest BCUT2D eigenvalue weighted by Gasteiger charge is -2.37. The molecule has 4 aromatic carbocycles. The van der Waals surface area contributed by atoms with E-state index in [0.717, 1.165) is 54.6 Å². The Bertz CT molecular complexity index is 1440. The van der Waals surface area contributed by atoms with Crippen molar-refractivity contribution in [3.05, 3.63) is 107 Å². The Morgan fingerprint density at radius 1 is 1.00 bits per heavy atom. The Balaban J connectivity index is 0.00000336. The summed E-state index contributed by atoms with van der Waals surface area (Å²) in [5.74, 6) is -0.611. The first-order chi connectivity index (χ1) is 17.9. The van der Waals surface area contributed by atoms with Crippen LogP contribution in [0.2, 0.25) is 0 Å². The lowest BCUT2D eigenvalue weighted by Crippen LogP contribution is -2.33. The van der Waals surface area contributed by atoms with Crippen molar-refractivity contribution in [3.63, 3.8) is 0 Å². The van der Waals surface area contributed by atoms with Gasteiger partial charge in [-0.1, -0.05) is 54.6 Å². The van der Waals surface area contributed by atoms with E-state index in [0.29, 0.717) is 16.9 Å². The van der Waals surface area contributed by atoms with E-state index < -0.39 is 5.97 Å². The fraction of sp³-hybridized carbons (Fsp3) is 0.281. The molecule has 0 aromatic heterocycles. The molecule has 1 unspecified atom stereocenters. The Labute approximate surface area is 229 Å². The number of para-hydroxylation sites is 1. The minimum Gasteiger partial charge on any atom is -0.478 e. The lowest BCUT2D eigenvalue weighted by molar-refractivity contribution is 0.0696. The fourth-order valence-corrected chi connectivity index (χ4v) is 5.73. The number of carbonyl (C=O) groups is 1. The third-order valence-electron chi connectivity index (χ3n) is 7.67. The monoisotopic (exact) mass is 532 g/mol. The van der Waals surface area contributed by atoms with Crippen molar-refractivity contribution in [2.75, 3.05) is 18.0 Å². The summed E-state index contributed by atoms with van der Waals surface area (Å²) < 4.78 is 14.2. The molecule has 1 aliphatic heterocycles. The summed E-state index contributed by atoms with van der Waals surface area (Å²) in [5.41, 5.74) is 5.70. The van der Waals surface area contributed by atoms with E-state index in [9.17, 15) is 14.3 Å². The van der Waals surface area contributed by atoms with Gasteiger partial charge in [-0.3, -0.25) is 0 Å². The van der Waals surface area contributed by atoms with Crippen molar-refractivity contribution in [3.8, 4) is 0 Å². The third kappa shape index (κ3) is 5.54. The van der Waals surface area contributed by atoms with Crippen LogP contribution in [-0.4, -0.2) is 24.2 Å². The highest BCUT2D eigenvalue weighted by molar-refractivity contribution is 5.92. The van der Waals surface area contributed by atoms with Crippen LogP contribution in [0.25, 0.3) is 10.8 Å². The first kappa shape index (κ1) is 27.6. The van der Waals surface area contributed by atoms with E-state index in [1.807, 2.05) is 55.5 Å². The second-order valence-corrected chi connectivity index (χ2v) is 10.1. The van der Waals surface area contributed by atoms with Crippen LogP contribution in [0.5, 0.6) is 0 Å². The van der Waals surface area contributed by atoms with Gasteiger partial charge in [-0.2, -0.15) is 0 Å². The number of carboxylic acid groups (broad SMARTS) is 1. The minimum absolute atomic E-state index is 0. The van der Waals surface area contributed by atoms with Crippen molar-refractivity contribution < 1.29 is 14.3 Å². The second-order valence-electron chi connectivity index (χ2n) is 10.1. The summed E-state index contributed by atoms with van der Waals surface area (Å²) >= 11 is 0. The molecular formula is C32H34ClFN2O2. The molecule has 4 nitrogen and oxygen atoms in total. The Kier molecular flexibility index (Phi) is 8.70. The van der Waals surface area contributed by atoms with E-state index in [1.54, 1.807) is 12.1 Å². The molecule has 0 saturated carbocycles. The quantitative estimate of drug-likeness (QED) is 0.227. The molecule has 0 spiro atoms. The van der Waals surface area contributed by atoms with Gasteiger partial charge in [0, 0.05) is 29.3 Å². The molecular weight excluding hydrogens is 499 g/mol. The molecule has 38 heavy (non-hydrogen) atoms. The number of halogens is 2. The number of benzene rings is 4. The van der Waals surface area contributed by atoms with E-state index in [2.05, 4.69) is 35.3 Å². The number of nitrogens with zero attached hydrogens (tertiary/aromatic N) is 1. The Morgan fingerprint density at radius 2 is 1.71 bits per heavy atom. The van der Waals surface area contributed by atoms with Crippen molar-refractivity contribution in [2.24, 2.45) is 5.92 Å². The largest absolute Gasteiger partial charge is 0.478 e. The second kappa shape index (κ2) is 12.0. The average Bonchev–Trinajstić information content (AvgIpc) is 2.91. The molecule has 0 radical (unpaired) electrons. The summed E-state index contributed by atoms with van der Waals surface area (Å²) in [4.78, 5) is 14.0. The maximum atomic E-state index is 14.2. The molecule has 0 bridgehead atoms. The molecule has 0 saturated heterocycles. The first-order valence-corrected chi connectivity index (χ1v) is 13.0. The van der Waals surface area contributed by atoms with E-state index in [1.165, 1.54) is 11.3 Å². The zero-order chi connectivity index (χ0) is 25.9. The van der Waals surface area contributed by atoms with Crippen LogP contribution < -0.4 is 10.2 Å². The number of hydrogen-bond acceptors (Lipinski definition) is 3. The molecule has 4 aromatic rings. The van der Waals surface area contributed by atoms with Crippen LogP contribution in [0.4, 0.5) is 15.8 Å². The van der Waals surface area contributed by atoms with Crippen LogP contribution in [0.15, 0.2) is 78.9 Å². The molecule has 0 amide bonds. The average molecular weight is 533 g/mol. The highest BCUT2D eigenvalue weighted by Crippen LogP contribution is 2.38. The summed E-state index contributed by atoms with van der Waals surface area (Å²) in [6, 6.07) is 25.2. The number of hydrogen-bond donors (Lipinski definition) is 2. The van der Waals surface area contributed by atoms with Crippen molar-refractivity contribution in [2.45, 2.75) is 39.2 Å². The van der Waals surface area contributed by atoms with Gasteiger partial charge in [-0.05, 0) is 91.9 Å². The third-order valence-corrected chi connectivity index (χ3v) is 7.67. The Hall–Kier alpha value is -3.41. The Morgan fingerprint density at radius 3 is 2.50 bits per heavy atom. The number of fused-ring (bicyclic) bond motifs is 2. The van der Waals surface area contributed by atoms with Gasteiger partial charge in [0.05, 0.1) is 5.56 Å². The molecule has 0 aliphatic carbocycles. The van der Waals surface area contributed by atoms with Crippen LogP contribution in [0.3, 0.4) is 0 Å². The smallest absolute Gasteiger partial charge is 0.336 e. The van der Waals surface area contributed by atoms with Crippen molar-refractivity contribution >= 4 is 40.5 Å². The molecule has 6 heteroatoms. The highest BCUT2D eigenvalue weighted by atomic mass is 35.5. The zero-order valence-corrected chi connectivity index (χ0v) is 22.6. The predicted molar refractivity (Wildman–Crippen MR) is 156 cm³/mol. The van der Waals surface area contributed by atoms with Gasteiger partial charge in [0.2, 0.25) is 0 Å². The van der Waals surface area contributed by atoms with Gasteiger partial charge in [0.1, 0.15) is 5.82 Å². The molecule has 198 valence electrons. The van der Waals surface area contributed by atoms with E-state index in [4.69, 9.17) is 0 Å². The van der Waals surface area contributed by atoms with Gasteiger partial charge in [-0.25, -0.2) is 9.18 Å². The van der Waals surface area contributed by atoms with Crippen LogP contribution in [0.1, 0.15) is 52.9 Å². The maximum Gasteiger partial charge on any atom is 0.336 e. The van der Waals surface area contributed by atoms with Gasteiger partial charge in [0.15, 0.2) is 0 Å². The minimum atomic E-state index is -0.893. The van der Waals surface area contributed by atoms with Gasteiger partial charge >= 0.3 is 5.97 Å². The molecule has 1 heterocycles. The van der Waals surface area contributed by atoms with Crippen LogP contribution in [-0.2, 0) is 6.42 Å². The standard InChI is InChI=1S/C32H33FN2O2.ClH/c1-21-25(32(36)37)13-7-15-30(21)35-20-23(19-24-10-3-6-14-31(24)35)9-8-18-34-22(2)26-16-17-29(33)28-12-5-4-11-27(26)28;/h3-7,10-17,22-23,34H,8-9,18-20H2,1-2H3,(H,36,37);1H/t22-,23?;/m1./s1. The lowest BCUT2D eigenvalue weighted by atomic mass is 9.88. The van der Waals surface area contributed by atoms with Gasteiger partial charge < -0.3 is 15.3 Å². The fourth-order valence-electron chi connectivity index (χ4n) is 5.73. The normalized spacial score (nSPS) is 15.6.